The summed E-state index contributed by atoms with van der Waals surface area (Å²) in [6.45, 7) is 2.72. The maximum absolute atomic E-state index is 13.4. The van der Waals surface area contributed by atoms with Crippen molar-refractivity contribution in [1.82, 2.24) is 16.0 Å². The molecular formula is C15H18FN3O5. The lowest BCUT2D eigenvalue weighted by Gasteiger charge is -2.13. The topological polar surface area (TPSA) is 114 Å². The molecule has 0 aromatic heterocycles. The molecule has 0 aliphatic rings. The molecule has 24 heavy (non-hydrogen) atoms. The van der Waals surface area contributed by atoms with Crippen molar-refractivity contribution >= 4 is 23.8 Å². The van der Waals surface area contributed by atoms with Crippen molar-refractivity contribution in [3.63, 3.8) is 0 Å². The molecule has 0 spiro atoms. The quantitative estimate of drug-likeness (QED) is 0.647. The van der Waals surface area contributed by atoms with Crippen LogP contribution in [0.25, 0.3) is 0 Å². The van der Waals surface area contributed by atoms with Crippen LogP contribution in [-0.2, 0) is 14.3 Å². The standard InChI is InChI=1S/C15H18FN3O5/c1-3-17-15(23)19-13(21)9(2)24-12(20)8-18-14(22)10-6-4-5-7-11(10)16/h4-7,9H,3,8H2,1-2H3,(H,18,22)(H2,17,19,21,23)/t9-/m1/s1. The van der Waals surface area contributed by atoms with Crippen LogP contribution < -0.4 is 16.0 Å². The van der Waals surface area contributed by atoms with Gasteiger partial charge in [0.15, 0.2) is 6.10 Å². The van der Waals surface area contributed by atoms with E-state index in [2.05, 4.69) is 10.6 Å². The van der Waals surface area contributed by atoms with Gasteiger partial charge in [-0.3, -0.25) is 19.7 Å². The highest BCUT2D eigenvalue weighted by Crippen LogP contribution is 2.05. The smallest absolute Gasteiger partial charge is 0.326 e. The number of nitrogens with one attached hydrogen (secondary N) is 3. The third-order valence-electron chi connectivity index (χ3n) is 2.76. The zero-order valence-electron chi connectivity index (χ0n) is 13.2. The molecular weight excluding hydrogens is 321 g/mol. The van der Waals surface area contributed by atoms with Gasteiger partial charge in [0.25, 0.3) is 11.8 Å². The molecule has 1 aromatic carbocycles. The van der Waals surface area contributed by atoms with E-state index in [0.717, 1.165) is 6.07 Å². The molecule has 1 rings (SSSR count). The summed E-state index contributed by atoms with van der Waals surface area (Å²) in [6.07, 6.45) is -1.23. The second kappa shape index (κ2) is 9.23. The second-order valence-electron chi connectivity index (χ2n) is 4.64. The summed E-state index contributed by atoms with van der Waals surface area (Å²) >= 11 is 0. The fraction of sp³-hybridized carbons (Fsp3) is 0.333. The highest BCUT2D eigenvalue weighted by molar-refractivity contribution is 5.98. The van der Waals surface area contributed by atoms with Crippen molar-refractivity contribution in [3.05, 3.63) is 35.6 Å². The van der Waals surface area contributed by atoms with Crippen LogP contribution in [0.4, 0.5) is 9.18 Å². The number of halogens is 1. The van der Waals surface area contributed by atoms with Crippen molar-refractivity contribution in [3.8, 4) is 0 Å². The van der Waals surface area contributed by atoms with Gasteiger partial charge in [-0.15, -0.1) is 0 Å². The fourth-order valence-corrected chi connectivity index (χ4v) is 1.60. The second-order valence-corrected chi connectivity index (χ2v) is 4.64. The SMILES string of the molecule is CCNC(=O)NC(=O)[C@@H](C)OC(=O)CNC(=O)c1ccccc1F. The minimum absolute atomic E-state index is 0.215. The average molecular weight is 339 g/mol. The maximum Gasteiger partial charge on any atom is 0.326 e. The Hall–Kier alpha value is -2.97. The molecule has 0 saturated heterocycles. The molecule has 1 aromatic rings. The lowest BCUT2D eigenvalue weighted by molar-refractivity contribution is -0.153. The zero-order valence-corrected chi connectivity index (χ0v) is 13.2. The van der Waals surface area contributed by atoms with Crippen LogP contribution in [0.15, 0.2) is 24.3 Å². The fourth-order valence-electron chi connectivity index (χ4n) is 1.60. The Morgan fingerprint density at radius 1 is 1.17 bits per heavy atom. The first-order valence-electron chi connectivity index (χ1n) is 7.16. The number of ether oxygens (including phenoxy) is 1. The highest BCUT2D eigenvalue weighted by Gasteiger charge is 2.20. The largest absolute Gasteiger partial charge is 0.451 e. The molecule has 1 atom stereocenters. The highest BCUT2D eigenvalue weighted by atomic mass is 19.1. The van der Waals surface area contributed by atoms with Gasteiger partial charge in [-0.25, -0.2) is 9.18 Å². The number of urea groups is 1. The number of hydrogen-bond acceptors (Lipinski definition) is 5. The van der Waals surface area contributed by atoms with Gasteiger partial charge < -0.3 is 15.4 Å². The minimum Gasteiger partial charge on any atom is -0.451 e. The van der Waals surface area contributed by atoms with E-state index >= 15 is 0 Å². The van der Waals surface area contributed by atoms with Crippen molar-refractivity contribution in [2.45, 2.75) is 20.0 Å². The number of imide groups is 1. The monoisotopic (exact) mass is 339 g/mol. The van der Waals surface area contributed by atoms with E-state index in [-0.39, 0.29) is 5.56 Å². The number of hydrogen-bond donors (Lipinski definition) is 3. The van der Waals surface area contributed by atoms with Crippen LogP contribution in [-0.4, -0.2) is 43.0 Å². The molecule has 4 amide bonds. The molecule has 9 heteroatoms. The zero-order chi connectivity index (χ0) is 18.1. The first-order valence-corrected chi connectivity index (χ1v) is 7.16. The van der Waals surface area contributed by atoms with E-state index in [0.29, 0.717) is 6.54 Å². The van der Waals surface area contributed by atoms with Crippen molar-refractivity contribution in [1.29, 1.82) is 0 Å². The number of benzene rings is 1. The molecule has 0 bridgehead atoms. The molecule has 0 unspecified atom stereocenters. The van der Waals surface area contributed by atoms with Gasteiger partial charge >= 0.3 is 12.0 Å². The van der Waals surface area contributed by atoms with Crippen molar-refractivity contribution in [2.75, 3.05) is 13.1 Å². The number of esters is 1. The lowest BCUT2D eigenvalue weighted by atomic mass is 10.2. The Morgan fingerprint density at radius 2 is 1.83 bits per heavy atom. The summed E-state index contributed by atoms with van der Waals surface area (Å²) in [6, 6.07) is 4.57. The predicted octanol–water partition coefficient (Wildman–Crippen LogP) is 0.333. The van der Waals surface area contributed by atoms with Crippen LogP contribution in [0, 0.1) is 5.82 Å². The summed E-state index contributed by atoms with van der Waals surface area (Å²) in [5, 5.41) is 6.51. The van der Waals surface area contributed by atoms with E-state index in [1.54, 1.807) is 6.92 Å². The molecule has 0 heterocycles. The number of amides is 4. The van der Waals surface area contributed by atoms with Gasteiger partial charge in [0.2, 0.25) is 0 Å². The summed E-state index contributed by atoms with van der Waals surface area (Å²) in [4.78, 5) is 46.0. The predicted molar refractivity (Wildman–Crippen MR) is 81.5 cm³/mol. The number of rotatable bonds is 6. The van der Waals surface area contributed by atoms with Gasteiger partial charge in [-0.05, 0) is 26.0 Å². The maximum atomic E-state index is 13.4. The molecule has 0 saturated carbocycles. The summed E-state index contributed by atoms with van der Waals surface area (Å²) in [5.74, 6) is -3.23. The van der Waals surface area contributed by atoms with Crippen LogP contribution in [0.3, 0.4) is 0 Å². The van der Waals surface area contributed by atoms with Crippen LogP contribution in [0.5, 0.6) is 0 Å². The minimum atomic E-state index is -1.23. The molecule has 0 aliphatic heterocycles. The first kappa shape index (κ1) is 19.1. The molecule has 8 nitrogen and oxygen atoms in total. The van der Waals surface area contributed by atoms with Crippen LogP contribution in [0.1, 0.15) is 24.2 Å². The van der Waals surface area contributed by atoms with E-state index < -0.39 is 42.3 Å². The summed E-state index contributed by atoms with van der Waals surface area (Å²) in [7, 11) is 0. The van der Waals surface area contributed by atoms with E-state index in [1.807, 2.05) is 5.32 Å². The molecule has 0 radical (unpaired) electrons. The lowest BCUT2D eigenvalue weighted by Crippen LogP contribution is -2.45. The summed E-state index contributed by atoms with van der Waals surface area (Å²) < 4.78 is 18.2. The molecule has 0 fully saturated rings. The van der Waals surface area contributed by atoms with Gasteiger partial charge in [0.1, 0.15) is 12.4 Å². The van der Waals surface area contributed by atoms with E-state index in [9.17, 15) is 23.6 Å². The normalized spacial score (nSPS) is 11.1. The third-order valence-corrected chi connectivity index (χ3v) is 2.76. The van der Waals surface area contributed by atoms with Gasteiger partial charge in [0.05, 0.1) is 5.56 Å². The Labute approximate surface area is 137 Å². The van der Waals surface area contributed by atoms with Crippen LogP contribution >= 0.6 is 0 Å². The molecule has 3 N–H and O–H groups in total. The van der Waals surface area contributed by atoms with Gasteiger partial charge in [-0.1, -0.05) is 12.1 Å². The number of carbonyl (C=O) groups excluding carboxylic acids is 4. The molecule has 0 aliphatic carbocycles. The van der Waals surface area contributed by atoms with Gasteiger partial charge in [-0.2, -0.15) is 0 Å². The van der Waals surface area contributed by atoms with E-state index in [4.69, 9.17) is 4.74 Å². The Balaban J connectivity index is 2.43. The van der Waals surface area contributed by atoms with Crippen molar-refractivity contribution < 1.29 is 28.3 Å². The Bertz CT molecular complexity index is 635. The van der Waals surface area contributed by atoms with Crippen molar-refractivity contribution in [2.24, 2.45) is 0 Å². The Kier molecular flexibility index (Phi) is 7.34. The third kappa shape index (κ3) is 6.03. The first-order chi connectivity index (χ1) is 11.3. The summed E-state index contributed by atoms with van der Waals surface area (Å²) in [5.41, 5.74) is -0.215. The molecule has 130 valence electrons. The van der Waals surface area contributed by atoms with Gasteiger partial charge in [0, 0.05) is 6.54 Å². The Morgan fingerprint density at radius 3 is 2.46 bits per heavy atom. The number of carbonyl (C=O) groups is 4. The van der Waals surface area contributed by atoms with E-state index in [1.165, 1.54) is 25.1 Å². The average Bonchev–Trinajstić information content (AvgIpc) is 2.53. The van der Waals surface area contributed by atoms with Crippen LogP contribution in [0.2, 0.25) is 0 Å².